The minimum absolute atomic E-state index is 0.0851. The summed E-state index contributed by atoms with van der Waals surface area (Å²) in [6.45, 7) is 7.50. The van der Waals surface area contributed by atoms with Gasteiger partial charge in [-0.2, -0.15) is 0 Å². The molecule has 0 spiro atoms. The standard InChI is InChI=1S/C20H25ClFNO2/c1-5-20(2,3)23-12-14-6-9-18(19(10-14)24-4)25-13-15-7-8-16(22)11-17(15)21/h6-11,23H,5,12-13H2,1-4H3. The van der Waals surface area contributed by atoms with Gasteiger partial charge in [-0.1, -0.05) is 30.7 Å². The Balaban J connectivity index is 2.06. The van der Waals surface area contributed by atoms with Crippen LogP contribution in [0.2, 0.25) is 5.02 Å². The van der Waals surface area contributed by atoms with E-state index in [0.717, 1.165) is 24.1 Å². The largest absolute Gasteiger partial charge is 0.493 e. The molecule has 0 radical (unpaired) electrons. The van der Waals surface area contributed by atoms with Crippen LogP contribution in [0.3, 0.4) is 0 Å². The van der Waals surface area contributed by atoms with Crippen LogP contribution in [0.4, 0.5) is 4.39 Å². The van der Waals surface area contributed by atoms with E-state index in [1.807, 2.05) is 18.2 Å². The lowest BCUT2D eigenvalue weighted by atomic mass is 10.0. The van der Waals surface area contributed by atoms with Crippen LogP contribution in [0, 0.1) is 5.82 Å². The van der Waals surface area contributed by atoms with Crippen LogP contribution in [0.25, 0.3) is 0 Å². The number of halogens is 2. The van der Waals surface area contributed by atoms with E-state index in [-0.39, 0.29) is 18.0 Å². The molecule has 0 bridgehead atoms. The van der Waals surface area contributed by atoms with Crippen LogP contribution >= 0.6 is 11.6 Å². The average Bonchev–Trinajstić information content (AvgIpc) is 2.59. The molecule has 3 nitrogen and oxygen atoms in total. The van der Waals surface area contributed by atoms with Gasteiger partial charge in [0.1, 0.15) is 12.4 Å². The van der Waals surface area contributed by atoms with Gasteiger partial charge in [0.15, 0.2) is 11.5 Å². The number of nitrogens with one attached hydrogen (secondary N) is 1. The maximum Gasteiger partial charge on any atom is 0.161 e. The molecule has 2 aromatic carbocycles. The van der Waals surface area contributed by atoms with E-state index in [1.165, 1.54) is 12.1 Å². The summed E-state index contributed by atoms with van der Waals surface area (Å²) in [6, 6.07) is 10.1. The van der Waals surface area contributed by atoms with Crippen LogP contribution in [-0.2, 0) is 13.2 Å². The maximum absolute atomic E-state index is 13.1. The highest BCUT2D eigenvalue weighted by Crippen LogP contribution is 2.30. The second kappa shape index (κ2) is 8.54. The third-order valence-corrected chi connectivity index (χ3v) is 4.63. The van der Waals surface area contributed by atoms with Crippen molar-refractivity contribution in [2.24, 2.45) is 0 Å². The fourth-order valence-electron chi connectivity index (χ4n) is 2.20. The molecule has 0 amide bonds. The van der Waals surface area contributed by atoms with Gasteiger partial charge in [-0.25, -0.2) is 4.39 Å². The number of methoxy groups -OCH3 is 1. The summed E-state index contributed by atoms with van der Waals surface area (Å²) in [5, 5.41) is 3.87. The molecule has 5 heteroatoms. The van der Waals surface area contributed by atoms with Crippen LogP contribution in [-0.4, -0.2) is 12.6 Å². The fraction of sp³-hybridized carbons (Fsp3) is 0.400. The summed E-state index contributed by atoms with van der Waals surface area (Å²) in [5.74, 6) is 0.923. The molecule has 2 rings (SSSR count). The summed E-state index contributed by atoms with van der Waals surface area (Å²) < 4.78 is 24.3. The Morgan fingerprint density at radius 1 is 1.12 bits per heavy atom. The molecule has 0 saturated carbocycles. The van der Waals surface area contributed by atoms with Gasteiger partial charge < -0.3 is 14.8 Å². The molecule has 136 valence electrons. The van der Waals surface area contributed by atoms with Crippen molar-refractivity contribution in [1.82, 2.24) is 5.32 Å². The van der Waals surface area contributed by atoms with Gasteiger partial charge >= 0.3 is 0 Å². The number of benzene rings is 2. The van der Waals surface area contributed by atoms with E-state index in [4.69, 9.17) is 21.1 Å². The van der Waals surface area contributed by atoms with Crippen molar-refractivity contribution in [3.63, 3.8) is 0 Å². The second-order valence-corrected chi connectivity index (χ2v) is 7.01. The molecule has 0 saturated heterocycles. The Morgan fingerprint density at radius 3 is 2.52 bits per heavy atom. The molecule has 0 aromatic heterocycles. The van der Waals surface area contributed by atoms with Crippen molar-refractivity contribution in [2.45, 2.75) is 45.9 Å². The minimum Gasteiger partial charge on any atom is -0.493 e. The van der Waals surface area contributed by atoms with E-state index < -0.39 is 0 Å². The van der Waals surface area contributed by atoms with Crippen molar-refractivity contribution in [1.29, 1.82) is 0 Å². The van der Waals surface area contributed by atoms with Crippen LogP contribution < -0.4 is 14.8 Å². The first-order valence-electron chi connectivity index (χ1n) is 8.33. The van der Waals surface area contributed by atoms with Gasteiger partial charge in [-0.15, -0.1) is 0 Å². The number of hydrogen-bond acceptors (Lipinski definition) is 3. The number of rotatable bonds is 8. The van der Waals surface area contributed by atoms with Gasteiger partial charge in [0.05, 0.1) is 12.1 Å². The van der Waals surface area contributed by atoms with Crippen molar-refractivity contribution >= 4 is 11.6 Å². The lowest BCUT2D eigenvalue weighted by Gasteiger charge is -2.24. The zero-order valence-corrected chi connectivity index (χ0v) is 15.9. The molecule has 0 atom stereocenters. The highest BCUT2D eigenvalue weighted by Gasteiger charge is 2.14. The predicted octanol–water partition coefficient (Wildman–Crippen LogP) is 5.34. The maximum atomic E-state index is 13.1. The molecule has 2 aromatic rings. The predicted molar refractivity (Wildman–Crippen MR) is 99.9 cm³/mol. The van der Waals surface area contributed by atoms with E-state index in [0.29, 0.717) is 16.5 Å². The van der Waals surface area contributed by atoms with Crippen molar-refractivity contribution < 1.29 is 13.9 Å². The smallest absolute Gasteiger partial charge is 0.161 e. The van der Waals surface area contributed by atoms with Crippen molar-refractivity contribution in [3.8, 4) is 11.5 Å². The van der Waals surface area contributed by atoms with Crippen LogP contribution in [0.5, 0.6) is 11.5 Å². The van der Waals surface area contributed by atoms with Crippen LogP contribution in [0.15, 0.2) is 36.4 Å². The topological polar surface area (TPSA) is 30.5 Å². The highest BCUT2D eigenvalue weighted by atomic mass is 35.5. The summed E-state index contributed by atoms with van der Waals surface area (Å²) in [6.07, 6.45) is 1.05. The van der Waals surface area contributed by atoms with Crippen LogP contribution in [0.1, 0.15) is 38.3 Å². The molecular weight excluding hydrogens is 341 g/mol. The monoisotopic (exact) mass is 365 g/mol. The summed E-state index contributed by atoms with van der Waals surface area (Å²) in [4.78, 5) is 0. The molecule has 0 aliphatic heterocycles. The number of ether oxygens (including phenoxy) is 2. The lowest BCUT2D eigenvalue weighted by molar-refractivity contribution is 0.284. The molecule has 0 aliphatic carbocycles. The van der Waals surface area contributed by atoms with Crippen molar-refractivity contribution in [2.75, 3.05) is 7.11 Å². The zero-order chi connectivity index (χ0) is 18.4. The van der Waals surface area contributed by atoms with E-state index in [2.05, 4.69) is 26.1 Å². The lowest BCUT2D eigenvalue weighted by Crippen LogP contribution is -2.37. The Labute approximate surface area is 154 Å². The first-order chi connectivity index (χ1) is 11.8. The Kier molecular flexibility index (Phi) is 6.68. The zero-order valence-electron chi connectivity index (χ0n) is 15.2. The molecule has 0 fully saturated rings. The number of hydrogen-bond donors (Lipinski definition) is 1. The molecule has 1 N–H and O–H groups in total. The average molecular weight is 366 g/mol. The summed E-state index contributed by atoms with van der Waals surface area (Å²) in [5.41, 5.74) is 1.92. The van der Waals surface area contributed by atoms with E-state index in [1.54, 1.807) is 13.2 Å². The molecule has 25 heavy (non-hydrogen) atoms. The second-order valence-electron chi connectivity index (χ2n) is 6.60. The Morgan fingerprint density at radius 2 is 1.88 bits per heavy atom. The van der Waals surface area contributed by atoms with E-state index >= 15 is 0 Å². The highest BCUT2D eigenvalue weighted by molar-refractivity contribution is 6.31. The third-order valence-electron chi connectivity index (χ3n) is 4.28. The molecule has 0 unspecified atom stereocenters. The van der Waals surface area contributed by atoms with Gasteiger partial charge in [-0.3, -0.25) is 0 Å². The molecular formula is C20H25ClFNO2. The quantitative estimate of drug-likeness (QED) is 0.684. The van der Waals surface area contributed by atoms with Gasteiger partial charge in [-0.05, 0) is 50.1 Å². The van der Waals surface area contributed by atoms with E-state index in [9.17, 15) is 4.39 Å². The Hall–Kier alpha value is -1.78. The van der Waals surface area contributed by atoms with Gasteiger partial charge in [0.25, 0.3) is 0 Å². The normalized spacial score (nSPS) is 11.4. The first kappa shape index (κ1) is 19.5. The minimum atomic E-state index is -0.363. The molecule has 0 heterocycles. The summed E-state index contributed by atoms with van der Waals surface area (Å²) >= 11 is 6.03. The van der Waals surface area contributed by atoms with Crippen molar-refractivity contribution in [3.05, 3.63) is 58.4 Å². The first-order valence-corrected chi connectivity index (χ1v) is 8.71. The SMILES string of the molecule is CCC(C)(C)NCc1ccc(OCc2ccc(F)cc2Cl)c(OC)c1. The van der Waals surface area contributed by atoms with Gasteiger partial charge in [0.2, 0.25) is 0 Å². The Bertz CT molecular complexity index is 719. The summed E-state index contributed by atoms with van der Waals surface area (Å²) in [7, 11) is 1.61. The third kappa shape index (κ3) is 5.62. The molecule has 0 aliphatic rings. The van der Waals surface area contributed by atoms with Gasteiger partial charge in [0, 0.05) is 17.6 Å². The fourth-order valence-corrected chi connectivity index (χ4v) is 2.42.